The normalized spacial score (nSPS) is 22.3. The summed E-state index contributed by atoms with van der Waals surface area (Å²) in [6, 6.07) is 4.99. The lowest BCUT2D eigenvalue weighted by molar-refractivity contribution is 0.00669. The van der Waals surface area contributed by atoms with Crippen LogP contribution in [0.15, 0.2) is 18.2 Å². The zero-order chi connectivity index (χ0) is 23.3. The highest BCUT2D eigenvalue weighted by Crippen LogP contribution is 2.40. The van der Waals surface area contributed by atoms with Crippen molar-refractivity contribution < 1.29 is 13.9 Å². The number of anilines is 2. The number of hydrogen-bond acceptors (Lipinski definition) is 6. The van der Waals surface area contributed by atoms with Crippen molar-refractivity contribution in [1.29, 1.82) is 0 Å². The van der Waals surface area contributed by atoms with Gasteiger partial charge >= 0.3 is 6.09 Å². The fourth-order valence-electron chi connectivity index (χ4n) is 5.55. The maximum Gasteiger partial charge on any atom is 0.410 e. The Labute approximate surface area is 194 Å². The van der Waals surface area contributed by atoms with Gasteiger partial charge in [0.1, 0.15) is 17.2 Å². The zero-order valence-electron chi connectivity index (χ0n) is 19.6. The second-order valence-electron chi connectivity index (χ2n) is 10.4. The first-order chi connectivity index (χ1) is 15.7. The van der Waals surface area contributed by atoms with Gasteiger partial charge in [-0.1, -0.05) is 6.07 Å². The molecule has 2 saturated heterocycles. The van der Waals surface area contributed by atoms with E-state index in [4.69, 9.17) is 10.5 Å². The molecule has 2 fully saturated rings. The second kappa shape index (κ2) is 8.15. The molecule has 0 bridgehead atoms. The fourth-order valence-corrected chi connectivity index (χ4v) is 5.55. The number of halogens is 1. The van der Waals surface area contributed by atoms with Crippen LogP contribution >= 0.6 is 0 Å². The summed E-state index contributed by atoms with van der Waals surface area (Å²) in [6.07, 6.45) is 4.40. The van der Waals surface area contributed by atoms with Crippen molar-refractivity contribution in [2.45, 2.75) is 64.5 Å². The number of rotatable bonds is 1. The Morgan fingerprint density at radius 1 is 1.18 bits per heavy atom. The van der Waals surface area contributed by atoms with E-state index in [-0.39, 0.29) is 23.9 Å². The van der Waals surface area contributed by atoms with E-state index in [2.05, 4.69) is 14.9 Å². The van der Waals surface area contributed by atoms with Gasteiger partial charge in [-0.2, -0.15) is 4.98 Å². The molecule has 1 aromatic carbocycles. The molecule has 7 nitrogen and oxygen atoms in total. The van der Waals surface area contributed by atoms with Gasteiger partial charge in [0.15, 0.2) is 0 Å². The number of nitrogen functional groups attached to an aromatic ring is 1. The zero-order valence-corrected chi connectivity index (χ0v) is 19.6. The van der Waals surface area contributed by atoms with Crippen LogP contribution in [-0.4, -0.2) is 52.2 Å². The molecule has 0 radical (unpaired) electrons. The average Bonchev–Trinajstić information content (AvgIpc) is 3.10. The highest BCUT2D eigenvalue weighted by molar-refractivity contribution is 5.74. The van der Waals surface area contributed by atoms with Gasteiger partial charge in [0, 0.05) is 30.8 Å². The van der Waals surface area contributed by atoms with Crippen LogP contribution in [0.1, 0.15) is 51.2 Å². The number of nitrogens with zero attached hydrogens (tertiary/aromatic N) is 4. The summed E-state index contributed by atoms with van der Waals surface area (Å²) >= 11 is 0. The van der Waals surface area contributed by atoms with E-state index in [1.807, 2.05) is 31.7 Å². The highest BCUT2D eigenvalue weighted by atomic mass is 19.1. The van der Waals surface area contributed by atoms with Crippen LogP contribution in [-0.2, 0) is 17.6 Å². The molecule has 2 unspecified atom stereocenters. The molecule has 2 aliphatic heterocycles. The molecular weight excluding hydrogens is 421 g/mol. The summed E-state index contributed by atoms with van der Waals surface area (Å²) in [4.78, 5) is 26.3. The third-order valence-electron chi connectivity index (χ3n) is 6.91. The number of likely N-dealkylation sites (tertiary alicyclic amines) is 1. The van der Waals surface area contributed by atoms with E-state index < -0.39 is 5.60 Å². The standard InChI is InChI=1S/C25H32FN5O2/c1-25(2,3)33-24(32)31-11-5-7-16-13-30(14-20(16)31)22-18-8-4-6-15-9-10-17(26)12-19(15)21(18)28-23(27)29-22/h9-10,12,16,20H,4-8,11,13-14H2,1-3H3,(H2,27,28,29). The van der Waals surface area contributed by atoms with Crippen LogP contribution in [0.5, 0.6) is 0 Å². The number of piperidine rings is 1. The Morgan fingerprint density at radius 3 is 2.79 bits per heavy atom. The molecule has 33 heavy (non-hydrogen) atoms. The molecule has 5 rings (SSSR count). The molecule has 2 aromatic rings. The molecule has 1 aliphatic carbocycles. The molecule has 8 heteroatoms. The topological polar surface area (TPSA) is 84.6 Å². The summed E-state index contributed by atoms with van der Waals surface area (Å²) in [6.45, 7) is 7.89. The van der Waals surface area contributed by atoms with Crippen LogP contribution < -0.4 is 10.6 Å². The minimum absolute atomic E-state index is 0.0796. The fraction of sp³-hybridized carbons (Fsp3) is 0.560. The third-order valence-corrected chi connectivity index (χ3v) is 6.91. The predicted octanol–water partition coefficient (Wildman–Crippen LogP) is 4.19. The van der Waals surface area contributed by atoms with E-state index in [1.54, 1.807) is 6.07 Å². The van der Waals surface area contributed by atoms with E-state index in [1.165, 1.54) is 6.07 Å². The first-order valence-electron chi connectivity index (χ1n) is 11.9. The maximum absolute atomic E-state index is 14.1. The van der Waals surface area contributed by atoms with Crippen molar-refractivity contribution in [3.63, 3.8) is 0 Å². The number of carbonyl (C=O) groups is 1. The Bertz CT molecular complexity index is 1080. The second-order valence-corrected chi connectivity index (χ2v) is 10.4. The summed E-state index contributed by atoms with van der Waals surface area (Å²) in [5, 5.41) is 0. The average molecular weight is 454 g/mol. The van der Waals surface area contributed by atoms with Gasteiger partial charge in [-0.3, -0.25) is 0 Å². The van der Waals surface area contributed by atoms with E-state index in [0.717, 1.165) is 66.9 Å². The maximum atomic E-state index is 14.1. The van der Waals surface area contributed by atoms with Crippen molar-refractivity contribution in [3.05, 3.63) is 35.1 Å². The molecule has 2 atom stereocenters. The summed E-state index contributed by atoms with van der Waals surface area (Å²) in [5.74, 6) is 1.10. The lowest BCUT2D eigenvalue weighted by Crippen LogP contribution is -2.50. The molecule has 1 aromatic heterocycles. The number of hydrogen-bond donors (Lipinski definition) is 1. The van der Waals surface area contributed by atoms with E-state index >= 15 is 0 Å². The van der Waals surface area contributed by atoms with Gasteiger partial charge in [-0.05, 0) is 76.5 Å². The van der Waals surface area contributed by atoms with Gasteiger partial charge in [-0.25, -0.2) is 14.2 Å². The Kier molecular flexibility index (Phi) is 5.41. The number of ether oxygens (including phenoxy) is 1. The summed E-state index contributed by atoms with van der Waals surface area (Å²) in [7, 11) is 0. The largest absolute Gasteiger partial charge is 0.444 e. The molecule has 0 spiro atoms. The summed E-state index contributed by atoms with van der Waals surface area (Å²) in [5.41, 5.74) is 9.30. The van der Waals surface area contributed by atoms with E-state index in [0.29, 0.717) is 19.0 Å². The number of carbonyl (C=O) groups excluding carboxylic acids is 1. The van der Waals surface area contributed by atoms with Crippen molar-refractivity contribution in [2.75, 3.05) is 30.3 Å². The van der Waals surface area contributed by atoms with Gasteiger partial charge in [0.05, 0.1) is 11.7 Å². The number of benzene rings is 1. The first kappa shape index (κ1) is 21.9. The number of aromatic nitrogens is 2. The first-order valence-corrected chi connectivity index (χ1v) is 11.9. The Morgan fingerprint density at radius 2 is 2.00 bits per heavy atom. The molecule has 3 aliphatic rings. The lowest BCUT2D eigenvalue weighted by Gasteiger charge is -2.37. The van der Waals surface area contributed by atoms with Crippen LogP contribution in [0.2, 0.25) is 0 Å². The van der Waals surface area contributed by atoms with Crippen LogP contribution in [0, 0.1) is 11.7 Å². The van der Waals surface area contributed by atoms with Crippen molar-refractivity contribution in [2.24, 2.45) is 5.92 Å². The third kappa shape index (κ3) is 4.23. The quantitative estimate of drug-likeness (QED) is 0.697. The SMILES string of the molecule is CC(C)(C)OC(=O)N1CCCC2CN(c3nc(N)nc4c3CCCc3ccc(F)cc3-4)CC21. The molecule has 2 N–H and O–H groups in total. The monoisotopic (exact) mass is 453 g/mol. The lowest BCUT2D eigenvalue weighted by atomic mass is 9.92. The van der Waals surface area contributed by atoms with Crippen LogP contribution in [0.25, 0.3) is 11.3 Å². The molecule has 1 amide bonds. The van der Waals surface area contributed by atoms with E-state index in [9.17, 15) is 9.18 Å². The van der Waals surface area contributed by atoms with Gasteiger partial charge < -0.3 is 20.3 Å². The Balaban J connectivity index is 1.49. The molecule has 0 saturated carbocycles. The molecule has 176 valence electrons. The smallest absolute Gasteiger partial charge is 0.410 e. The number of fused-ring (bicyclic) bond motifs is 4. The van der Waals surface area contributed by atoms with Crippen molar-refractivity contribution >= 4 is 17.9 Å². The van der Waals surface area contributed by atoms with Crippen LogP contribution in [0.4, 0.5) is 21.0 Å². The Hall–Kier alpha value is -2.90. The molecular formula is C25H32FN5O2. The number of nitrogens with two attached hydrogens (primary N) is 1. The van der Waals surface area contributed by atoms with Crippen molar-refractivity contribution in [3.8, 4) is 11.3 Å². The summed E-state index contributed by atoms with van der Waals surface area (Å²) < 4.78 is 19.8. The minimum atomic E-state index is -0.524. The predicted molar refractivity (Wildman–Crippen MR) is 126 cm³/mol. The van der Waals surface area contributed by atoms with Gasteiger partial charge in [0.2, 0.25) is 5.95 Å². The van der Waals surface area contributed by atoms with Crippen molar-refractivity contribution in [1.82, 2.24) is 14.9 Å². The number of amides is 1. The van der Waals surface area contributed by atoms with Gasteiger partial charge in [0.25, 0.3) is 0 Å². The molecule has 3 heterocycles. The minimum Gasteiger partial charge on any atom is -0.444 e. The number of aryl methyl sites for hydroxylation is 1. The van der Waals surface area contributed by atoms with Gasteiger partial charge in [-0.15, -0.1) is 0 Å². The highest BCUT2D eigenvalue weighted by Gasteiger charge is 2.43. The van der Waals surface area contributed by atoms with Crippen LogP contribution in [0.3, 0.4) is 0 Å².